The van der Waals surface area contributed by atoms with Gasteiger partial charge in [0.15, 0.2) is 0 Å². The second kappa shape index (κ2) is 5.70. The number of aliphatic carboxylic acids is 1. The molecule has 0 aliphatic heterocycles. The molecule has 5 heteroatoms. The lowest BCUT2D eigenvalue weighted by molar-refractivity contribution is -0.141. The summed E-state index contributed by atoms with van der Waals surface area (Å²) in [5, 5.41) is 11.3. The second-order valence-corrected chi connectivity index (χ2v) is 4.36. The fraction of sp³-hybridized carbons (Fsp3) is 0.800. The summed E-state index contributed by atoms with van der Waals surface area (Å²) in [5.41, 5.74) is 4.69. The molecule has 0 rings (SSSR count). The maximum absolute atomic E-state index is 11.3. The summed E-state index contributed by atoms with van der Waals surface area (Å²) < 4.78 is 0. The fourth-order valence-corrected chi connectivity index (χ4v) is 0.961. The summed E-state index contributed by atoms with van der Waals surface area (Å²) in [6.45, 7) is 5.37. The SMILES string of the molecule is CC(CCCNC(=O)C(C)(C)N)C(=O)O. The van der Waals surface area contributed by atoms with Gasteiger partial charge in [0.1, 0.15) is 0 Å². The first-order chi connectivity index (χ1) is 6.75. The molecule has 0 radical (unpaired) electrons. The van der Waals surface area contributed by atoms with Crippen LogP contribution in [0.3, 0.4) is 0 Å². The van der Waals surface area contributed by atoms with Gasteiger partial charge in [-0.3, -0.25) is 9.59 Å². The van der Waals surface area contributed by atoms with Crippen molar-refractivity contribution in [1.29, 1.82) is 0 Å². The number of hydrogen-bond acceptors (Lipinski definition) is 3. The maximum atomic E-state index is 11.3. The van der Waals surface area contributed by atoms with Crippen molar-refractivity contribution in [3.05, 3.63) is 0 Å². The molecule has 4 N–H and O–H groups in total. The van der Waals surface area contributed by atoms with E-state index in [4.69, 9.17) is 10.8 Å². The molecular weight excluding hydrogens is 196 g/mol. The Labute approximate surface area is 90.0 Å². The first kappa shape index (κ1) is 13.9. The monoisotopic (exact) mass is 216 g/mol. The third-order valence-electron chi connectivity index (χ3n) is 2.11. The highest BCUT2D eigenvalue weighted by Gasteiger charge is 2.21. The molecule has 0 aromatic carbocycles. The predicted molar refractivity (Wildman–Crippen MR) is 57.3 cm³/mol. The van der Waals surface area contributed by atoms with E-state index in [1.165, 1.54) is 0 Å². The van der Waals surface area contributed by atoms with Gasteiger partial charge in [0.25, 0.3) is 0 Å². The zero-order valence-electron chi connectivity index (χ0n) is 9.54. The molecule has 0 heterocycles. The number of nitrogens with two attached hydrogens (primary N) is 1. The molecule has 0 fully saturated rings. The zero-order valence-corrected chi connectivity index (χ0v) is 9.54. The Kier molecular flexibility index (Phi) is 5.28. The topological polar surface area (TPSA) is 92.4 Å². The Bertz CT molecular complexity index is 233. The molecule has 0 aromatic heterocycles. The van der Waals surface area contributed by atoms with Crippen molar-refractivity contribution in [1.82, 2.24) is 5.32 Å². The van der Waals surface area contributed by atoms with E-state index in [-0.39, 0.29) is 11.8 Å². The second-order valence-electron chi connectivity index (χ2n) is 4.36. The van der Waals surface area contributed by atoms with E-state index < -0.39 is 11.5 Å². The van der Waals surface area contributed by atoms with Crippen LogP contribution in [-0.4, -0.2) is 29.1 Å². The maximum Gasteiger partial charge on any atom is 0.306 e. The third-order valence-corrected chi connectivity index (χ3v) is 2.11. The molecule has 15 heavy (non-hydrogen) atoms. The van der Waals surface area contributed by atoms with Crippen molar-refractivity contribution in [3.63, 3.8) is 0 Å². The molecule has 0 bridgehead atoms. The van der Waals surface area contributed by atoms with E-state index in [0.29, 0.717) is 19.4 Å². The zero-order chi connectivity index (χ0) is 12.1. The van der Waals surface area contributed by atoms with Gasteiger partial charge in [0.2, 0.25) is 5.91 Å². The first-order valence-corrected chi connectivity index (χ1v) is 5.05. The van der Waals surface area contributed by atoms with Gasteiger partial charge in [-0.1, -0.05) is 6.92 Å². The number of amides is 1. The first-order valence-electron chi connectivity index (χ1n) is 5.05. The van der Waals surface area contributed by atoms with E-state index in [2.05, 4.69) is 5.32 Å². The van der Waals surface area contributed by atoms with Gasteiger partial charge in [0.05, 0.1) is 11.5 Å². The molecule has 0 spiro atoms. The van der Waals surface area contributed by atoms with Crippen molar-refractivity contribution in [2.75, 3.05) is 6.54 Å². The largest absolute Gasteiger partial charge is 0.481 e. The summed E-state index contributed by atoms with van der Waals surface area (Å²) in [7, 11) is 0. The summed E-state index contributed by atoms with van der Waals surface area (Å²) >= 11 is 0. The Hall–Kier alpha value is -1.10. The summed E-state index contributed by atoms with van der Waals surface area (Å²) in [4.78, 5) is 21.8. The molecule has 0 saturated heterocycles. The summed E-state index contributed by atoms with van der Waals surface area (Å²) in [5.74, 6) is -1.39. The number of carboxylic acids is 1. The number of carbonyl (C=O) groups is 2. The lowest BCUT2D eigenvalue weighted by Crippen LogP contribution is -2.49. The van der Waals surface area contributed by atoms with E-state index >= 15 is 0 Å². The number of carboxylic acid groups (broad SMARTS) is 1. The van der Waals surface area contributed by atoms with Gasteiger partial charge in [-0.15, -0.1) is 0 Å². The molecule has 0 aliphatic rings. The molecule has 88 valence electrons. The van der Waals surface area contributed by atoms with E-state index in [0.717, 1.165) is 0 Å². The van der Waals surface area contributed by atoms with Gasteiger partial charge in [-0.2, -0.15) is 0 Å². The van der Waals surface area contributed by atoms with Crippen LogP contribution >= 0.6 is 0 Å². The molecule has 1 atom stereocenters. The average Bonchev–Trinajstić information content (AvgIpc) is 2.09. The number of carbonyl (C=O) groups excluding carboxylic acids is 1. The van der Waals surface area contributed by atoms with Crippen LogP contribution in [0.15, 0.2) is 0 Å². The summed E-state index contributed by atoms with van der Waals surface area (Å²) in [6, 6.07) is 0. The molecule has 0 saturated carbocycles. The van der Waals surface area contributed by atoms with E-state index in [1.807, 2.05) is 0 Å². The predicted octanol–water partition coefficient (Wildman–Crippen LogP) is 0.341. The van der Waals surface area contributed by atoms with Crippen LogP contribution in [0.1, 0.15) is 33.6 Å². The molecule has 1 amide bonds. The minimum Gasteiger partial charge on any atom is -0.481 e. The van der Waals surface area contributed by atoms with Crippen molar-refractivity contribution in [2.24, 2.45) is 11.7 Å². The molecule has 0 aromatic rings. The fourth-order valence-electron chi connectivity index (χ4n) is 0.961. The van der Waals surface area contributed by atoms with Crippen LogP contribution in [0.4, 0.5) is 0 Å². The Morgan fingerprint density at radius 3 is 2.40 bits per heavy atom. The molecule has 5 nitrogen and oxygen atoms in total. The number of rotatable bonds is 6. The summed E-state index contributed by atoms with van der Waals surface area (Å²) in [6.07, 6.45) is 1.20. The average molecular weight is 216 g/mol. The minimum atomic E-state index is -0.877. The van der Waals surface area contributed by atoms with Crippen molar-refractivity contribution >= 4 is 11.9 Å². The van der Waals surface area contributed by atoms with Gasteiger partial charge < -0.3 is 16.2 Å². The van der Waals surface area contributed by atoms with E-state index in [1.54, 1.807) is 20.8 Å². The minimum absolute atomic E-state index is 0.217. The normalized spacial score (nSPS) is 13.3. The third kappa shape index (κ3) is 6.06. The highest BCUT2D eigenvalue weighted by Crippen LogP contribution is 2.04. The quantitative estimate of drug-likeness (QED) is 0.558. The van der Waals surface area contributed by atoms with Crippen molar-refractivity contribution < 1.29 is 14.7 Å². The lowest BCUT2D eigenvalue weighted by atomic mass is 10.0. The van der Waals surface area contributed by atoms with E-state index in [9.17, 15) is 9.59 Å². The van der Waals surface area contributed by atoms with Crippen LogP contribution in [-0.2, 0) is 9.59 Å². The van der Waals surface area contributed by atoms with Gasteiger partial charge in [-0.05, 0) is 26.7 Å². The standard InChI is InChI=1S/C10H20N2O3/c1-7(8(13)14)5-4-6-12-9(15)10(2,3)11/h7H,4-6,11H2,1-3H3,(H,12,15)(H,13,14). The van der Waals surface area contributed by atoms with Crippen molar-refractivity contribution in [3.8, 4) is 0 Å². The molecular formula is C10H20N2O3. The highest BCUT2D eigenvalue weighted by atomic mass is 16.4. The number of hydrogen-bond donors (Lipinski definition) is 3. The molecule has 0 aliphatic carbocycles. The van der Waals surface area contributed by atoms with Crippen LogP contribution in [0.5, 0.6) is 0 Å². The lowest BCUT2D eigenvalue weighted by Gasteiger charge is -2.17. The van der Waals surface area contributed by atoms with Crippen LogP contribution in [0.2, 0.25) is 0 Å². The Morgan fingerprint density at radius 2 is 2.00 bits per heavy atom. The smallest absolute Gasteiger partial charge is 0.306 e. The Morgan fingerprint density at radius 1 is 1.47 bits per heavy atom. The van der Waals surface area contributed by atoms with Crippen LogP contribution < -0.4 is 11.1 Å². The Balaban J connectivity index is 3.64. The molecule has 1 unspecified atom stereocenters. The number of nitrogens with one attached hydrogen (secondary N) is 1. The van der Waals surface area contributed by atoms with Gasteiger partial charge in [-0.25, -0.2) is 0 Å². The van der Waals surface area contributed by atoms with Crippen molar-refractivity contribution in [2.45, 2.75) is 39.2 Å². The van der Waals surface area contributed by atoms with Gasteiger partial charge in [0, 0.05) is 6.54 Å². The van der Waals surface area contributed by atoms with Crippen LogP contribution in [0, 0.1) is 5.92 Å². The van der Waals surface area contributed by atoms with Crippen LogP contribution in [0.25, 0.3) is 0 Å². The van der Waals surface area contributed by atoms with Gasteiger partial charge >= 0.3 is 5.97 Å². The highest BCUT2D eigenvalue weighted by molar-refractivity contribution is 5.84.